The Hall–Kier alpha value is -1.65. The number of carboxylic acid groups (broad SMARTS) is 1. The first-order chi connectivity index (χ1) is 8.88. The Balaban J connectivity index is 2.65. The monoisotopic (exact) mass is 302 g/mol. The zero-order valence-corrected chi connectivity index (χ0v) is 10.8. The van der Waals surface area contributed by atoms with Crippen LogP contribution >= 0.6 is 23.2 Å². The van der Waals surface area contributed by atoms with Gasteiger partial charge >= 0.3 is 5.97 Å². The van der Waals surface area contributed by atoms with Crippen molar-refractivity contribution >= 4 is 29.2 Å². The second-order valence-corrected chi connectivity index (χ2v) is 4.62. The highest BCUT2D eigenvalue weighted by atomic mass is 35.5. The Bertz CT molecular complexity index is 672. The van der Waals surface area contributed by atoms with Gasteiger partial charge in [0.1, 0.15) is 0 Å². The zero-order valence-electron chi connectivity index (χ0n) is 9.25. The summed E-state index contributed by atoms with van der Waals surface area (Å²) in [5, 5.41) is 9.06. The molecule has 0 bridgehead atoms. The van der Waals surface area contributed by atoms with Gasteiger partial charge in [-0.15, -0.1) is 0 Å². The second kappa shape index (κ2) is 5.15. The summed E-state index contributed by atoms with van der Waals surface area (Å²) >= 11 is 11.6. The van der Waals surface area contributed by atoms with E-state index in [1.54, 1.807) is 0 Å². The molecule has 0 amide bonds. The summed E-state index contributed by atoms with van der Waals surface area (Å²) in [7, 11) is 0. The van der Waals surface area contributed by atoms with Gasteiger partial charge in [0.05, 0.1) is 10.6 Å². The summed E-state index contributed by atoms with van der Waals surface area (Å²) in [5.74, 6) is -3.33. The minimum Gasteiger partial charge on any atom is -0.478 e. The smallest absolute Gasteiger partial charge is 0.335 e. The van der Waals surface area contributed by atoms with Crippen LogP contribution in [-0.2, 0) is 0 Å². The van der Waals surface area contributed by atoms with E-state index in [0.29, 0.717) is 5.56 Å². The molecule has 0 atom stereocenters. The number of hydrogen-bond acceptors (Lipinski definition) is 1. The van der Waals surface area contributed by atoms with Crippen LogP contribution in [0.1, 0.15) is 10.4 Å². The van der Waals surface area contributed by atoms with Crippen molar-refractivity contribution < 1.29 is 18.7 Å². The fourth-order valence-corrected chi connectivity index (χ4v) is 2.11. The molecule has 2 aromatic rings. The molecule has 98 valence electrons. The molecule has 0 aliphatic heterocycles. The molecule has 2 nitrogen and oxygen atoms in total. The summed E-state index contributed by atoms with van der Waals surface area (Å²) < 4.78 is 26.2. The number of benzene rings is 2. The van der Waals surface area contributed by atoms with Crippen LogP contribution in [0.25, 0.3) is 11.1 Å². The quantitative estimate of drug-likeness (QED) is 0.821. The average Bonchev–Trinajstić information content (AvgIpc) is 2.33. The first kappa shape index (κ1) is 13.8. The van der Waals surface area contributed by atoms with E-state index in [4.69, 9.17) is 28.3 Å². The standard InChI is InChI=1S/C13H6Cl2F2O2/c14-8-2-6(1-7(3-8)13(18)19)9-4-11(16)12(17)5-10(9)15/h1-5H,(H,18,19). The molecule has 1 N–H and O–H groups in total. The lowest BCUT2D eigenvalue weighted by molar-refractivity contribution is 0.0697. The molecular formula is C13H6Cl2F2O2. The van der Waals surface area contributed by atoms with E-state index >= 15 is 0 Å². The minimum absolute atomic E-state index is 0.0301. The highest BCUT2D eigenvalue weighted by Gasteiger charge is 2.13. The van der Waals surface area contributed by atoms with E-state index in [-0.39, 0.29) is 21.2 Å². The highest BCUT2D eigenvalue weighted by molar-refractivity contribution is 6.34. The first-order valence-corrected chi connectivity index (χ1v) is 5.83. The van der Waals surface area contributed by atoms with Crippen molar-refractivity contribution in [2.45, 2.75) is 0 Å². The molecule has 0 radical (unpaired) electrons. The maximum Gasteiger partial charge on any atom is 0.335 e. The van der Waals surface area contributed by atoms with Crippen molar-refractivity contribution in [2.75, 3.05) is 0 Å². The Morgan fingerprint density at radius 1 is 1.00 bits per heavy atom. The molecule has 0 fully saturated rings. The third-order valence-corrected chi connectivity index (χ3v) is 3.00. The number of rotatable bonds is 2. The Morgan fingerprint density at radius 2 is 1.63 bits per heavy atom. The van der Waals surface area contributed by atoms with Gasteiger partial charge in [0.15, 0.2) is 11.6 Å². The third-order valence-electron chi connectivity index (χ3n) is 2.47. The van der Waals surface area contributed by atoms with E-state index in [1.807, 2.05) is 0 Å². The molecular weight excluding hydrogens is 297 g/mol. The predicted octanol–water partition coefficient (Wildman–Crippen LogP) is 4.64. The van der Waals surface area contributed by atoms with Crippen LogP contribution in [0.15, 0.2) is 30.3 Å². The van der Waals surface area contributed by atoms with Gasteiger partial charge in [0.2, 0.25) is 0 Å². The van der Waals surface area contributed by atoms with Crippen molar-refractivity contribution in [2.24, 2.45) is 0 Å². The Kier molecular flexibility index (Phi) is 3.73. The van der Waals surface area contributed by atoms with Gasteiger partial charge in [0.25, 0.3) is 0 Å². The van der Waals surface area contributed by atoms with Crippen LogP contribution in [0.3, 0.4) is 0 Å². The highest BCUT2D eigenvalue weighted by Crippen LogP contribution is 2.32. The largest absolute Gasteiger partial charge is 0.478 e. The van der Waals surface area contributed by atoms with Gasteiger partial charge in [-0.2, -0.15) is 0 Å². The Labute approximate surface area is 117 Å². The Morgan fingerprint density at radius 3 is 2.26 bits per heavy atom. The summed E-state index contributed by atoms with van der Waals surface area (Å²) in [6, 6.07) is 5.68. The van der Waals surface area contributed by atoms with E-state index < -0.39 is 17.6 Å². The normalized spacial score (nSPS) is 10.5. The van der Waals surface area contributed by atoms with Crippen LogP contribution in [0, 0.1) is 11.6 Å². The predicted molar refractivity (Wildman–Crippen MR) is 68.8 cm³/mol. The average molecular weight is 303 g/mol. The van der Waals surface area contributed by atoms with Crippen LogP contribution in [-0.4, -0.2) is 11.1 Å². The van der Waals surface area contributed by atoms with Crippen LogP contribution in [0.2, 0.25) is 10.0 Å². The van der Waals surface area contributed by atoms with Crippen molar-refractivity contribution in [3.8, 4) is 11.1 Å². The summed E-state index contributed by atoms with van der Waals surface area (Å²) in [6.07, 6.45) is 0. The maximum atomic E-state index is 13.2. The molecule has 0 unspecified atom stereocenters. The summed E-state index contributed by atoms with van der Waals surface area (Å²) in [4.78, 5) is 10.9. The molecule has 0 aliphatic carbocycles. The summed E-state index contributed by atoms with van der Waals surface area (Å²) in [6.45, 7) is 0. The van der Waals surface area contributed by atoms with Gasteiger partial charge in [-0.1, -0.05) is 23.2 Å². The van der Waals surface area contributed by atoms with Gasteiger partial charge < -0.3 is 5.11 Å². The second-order valence-electron chi connectivity index (χ2n) is 3.78. The molecule has 0 aliphatic rings. The van der Waals surface area contributed by atoms with E-state index in [0.717, 1.165) is 12.1 Å². The zero-order chi connectivity index (χ0) is 14.2. The van der Waals surface area contributed by atoms with Crippen LogP contribution in [0.4, 0.5) is 8.78 Å². The lowest BCUT2D eigenvalue weighted by Gasteiger charge is -2.07. The summed E-state index contributed by atoms with van der Waals surface area (Å²) in [5.41, 5.74) is 0.405. The number of halogens is 4. The van der Waals surface area contributed by atoms with Crippen molar-refractivity contribution in [1.82, 2.24) is 0 Å². The molecule has 0 saturated heterocycles. The first-order valence-electron chi connectivity index (χ1n) is 5.07. The lowest BCUT2D eigenvalue weighted by Crippen LogP contribution is -1.97. The minimum atomic E-state index is -1.18. The molecule has 19 heavy (non-hydrogen) atoms. The topological polar surface area (TPSA) is 37.3 Å². The molecule has 6 heteroatoms. The molecule has 0 heterocycles. The number of carboxylic acids is 1. The molecule has 2 aromatic carbocycles. The molecule has 0 spiro atoms. The maximum absolute atomic E-state index is 13.2. The van der Waals surface area contributed by atoms with Crippen LogP contribution in [0.5, 0.6) is 0 Å². The number of hydrogen-bond donors (Lipinski definition) is 1. The van der Waals surface area contributed by atoms with Crippen LogP contribution < -0.4 is 0 Å². The number of carbonyl (C=O) groups is 1. The van der Waals surface area contributed by atoms with E-state index in [1.165, 1.54) is 18.2 Å². The van der Waals surface area contributed by atoms with Crippen molar-refractivity contribution in [3.05, 3.63) is 57.6 Å². The fraction of sp³-hybridized carbons (Fsp3) is 0. The molecule has 2 rings (SSSR count). The fourth-order valence-electron chi connectivity index (χ4n) is 1.61. The molecule has 0 aromatic heterocycles. The van der Waals surface area contributed by atoms with Gasteiger partial charge in [0, 0.05) is 10.6 Å². The van der Waals surface area contributed by atoms with Crippen molar-refractivity contribution in [1.29, 1.82) is 0 Å². The van der Waals surface area contributed by atoms with Gasteiger partial charge in [-0.3, -0.25) is 0 Å². The number of aromatic carboxylic acids is 1. The van der Waals surface area contributed by atoms with Gasteiger partial charge in [-0.05, 0) is 35.9 Å². The molecule has 0 saturated carbocycles. The third kappa shape index (κ3) is 2.85. The van der Waals surface area contributed by atoms with E-state index in [9.17, 15) is 13.6 Å². The lowest BCUT2D eigenvalue weighted by atomic mass is 10.0. The van der Waals surface area contributed by atoms with Crippen molar-refractivity contribution in [3.63, 3.8) is 0 Å². The van der Waals surface area contributed by atoms with E-state index in [2.05, 4.69) is 0 Å². The SMILES string of the molecule is O=C(O)c1cc(Cl)cc(-c2cc(F)c(F)cc2Cl)c1. The van der Waals surface area contributed by atoms with Gasteiger partial charge in [-0.25, -0.2) is 13.6 Å².